The maximum absolute atomic E-state index is 13.7. The van der Waals surface area contributed by atoms with Crippen molar-refractivity contribution in [2.45, 2.75) is 6.92 Å². The Hall–Kier alpha value is -2.43. The van der Waals surface area contributed by atoms with Gasteiger partial charge in [-0.15, -0.1) is 0 Å². The van der Waals surface area contributed by atoms with Crippen LogP contribution >= 0.6 is 0 Å². The van der Waals surface area contributed by atoms with E-state index >= 15 is 0 Å². The molecule has 0 saturated carbocycles. The second-order valence-corrected chi connectivity index (χ2v) is 4.19. The zero-order valence-corrected chi connectivity index (χ0v) is 10.8. The third kappa shape index (κ3) is 2.77. The van der Waals surface area contributed by atoms with Crippen LogP contribution in [0.25, 0.3) is 0 Å². The number of anilines is 2. The quantitative estimate of drug-likeness (QED) is 0.923. The number of hydrogen-bond acceptors (Lipinski definition) is 2. The lowest BCUT2D eigenvalue weighted by atomic mass is 10.1. The van der Waals surface area contributed by atoms with Crippen LogP contribution in [0.3, 0.4) is 0 Å². The third-order valence-corrected chi connectivity index (χ3v) is 2.95. The third-order valence-electron chi connectivity index (χ3n) is 2.95. The van der Waals surface area contributed by atoms with E-state index in [-0.39, 0.29) is 11.4 Å². The first-order valence-electron chi connectivity index (χ1n) is 6.09. The highest BCUT2D eigenvalue weighted by Crippen LogP contribution is 2.26. The van der Waals surface area contributed by atoms with Crippen molar-refractivity contribution in [2.24, 2.45) is 0 Å². The van der Waals surface area contributed by atoms with Crippen LogP contribution < -0.4 is 4.90 Å². The van der Waals surface area contributed by atoms with E-state index in [4.69, 9.17) is 5.11 Å². The van der Waals surface area contributed by atoms with Crippen LogP contribution in [0.1, 0.15) is 17.3 Å². The Balaban J connectivity index is 2.39. The molecule has 104 valence electrons. The predicted octanol–water partition coefficient (Wildman–Crippen LogP) is 3.82. The van der Waals surface area contributed by atoms with Gasteiger partial charge in [-0.1, -0.05) is 0 Å². The number of nitrogens with zero attached hydrogens (tertiary/aromatic N) is 1. The molecule has 0 fully saturated rings. The van der Waals surface area contributed by atoms with E-state index in [1.807, 2.05) is 6.92 Å². The summed E-state index contributed by atoms with van der Waals surface area (Å²) >= 11 is 0. The second-order valence-electron chi connectivity index (χ2n) is 4.19. The Bertz CT molecular complexity index is 626. The number of carboxylic acid groups (broad SMARTS) is 1. The van der Waals surface area contributed by atoms with Gasteiger partial charge in [0.1, 0.15) is 11.6 Å². The van der Waals surface area contributed by atoms with Crippen LogP contribution in [0, 0.1) is 11.6 Å². The Morgan fingerprint density at radius 2 is 1.70 bits per heavy atom. The first kappa shape index (κ1) is 14.0. The average Bonchev–Trinajstić information content (AvgIpc) is 2.41. The zero-order valence-electron chi connectivity index (χ0n) is 10.8. The van der Waals surface area contributed by atoms with E-state index in [2.05, 4.69) is 0 Å². The topological polar surface area (TPSA) is 40.5 Å². The molecule has 0 aliphatic carbocycles. The first-order valence-corrected chi connectivity index (χ1v) is 6.09. The number of rotatable bonds is 4. The number of hydrogen-bond donors (Lipinski definition) is 1. The molecule has 0 radical (unpaired) electrons. The summed E-state index contributed by atoms with van der Waals surface area (Å²) in [7, 11) is 0. The van der Waals surface area contributed by atoms with E-state index in [9.17, 15) is 13.6 Å². The van der Waals surface area contributed by atoms with Crippen molar-refractivity contribution in [1.82, 2.24) is 0 Å². The standard InChI is InChI=1S/C15H13F2NO2/c1-2-18(11-5-3-10(16)4-6-11)12-7-8-13(15(19)20)14(17)9-12/h3-9H,2H2,1H3,(H,19,20). The van der Waals surface area contributed by atoms with Crippen LogP contribution in [0.15, 0.2) is 42.5 Å². The lowest BCUT2D eigenvalue weighted by Gasteiger charge is -2.23. The summed E-state index contributed by atoms with van der Waals surface area (Å²) in [6, 6.07) is 9.72. The summed E-state index contributed by atoms with van der Waals surface area (Å²) in [6.45, 7) is 2.41. The van der Waals surface area contributed by atoms with E-state index in [0.717, 1.165) is 6.07 Å². The number of carboxylic acids is 1. The van der Waals surface area contributed by atoms with Gasteiger partial charge in [-0.3, -0.25) is 0 Å². The molecule has 0 bridgehead atoms. The van der Waals surface area contributed by atoms with Crippen molar-refractivity contribution in [3.05, 3.63) is 59.7 Å². The summed E-state index contributed by atoms with van der Waals surface area (Å²) in [5.41, 5.74) is 0.849. The van der Waals surface area contributed by atoms with Crippen molar-refractivity contribution in [1.29, 1.82) is 0 Å². The molecule has 0 amide bonds. The molecule has 5 heteroatoms. The minimum Gasteiger partial charge on any atom is -0.478 e. The van der Waals surface area contributed by atoms with Crippen molar-refractivity contribution >= 4 is 17.3 Å². The molecule has 3 nitrogen and oxygen atoms in total. The lowest BCUT2D eigenvalue weighted by molar-refractivity contribution is 0.0692. The number of aromatic carboxylic acids is 1. The summed E-state index contributed by atoms with van der Waals surface area (Å²) < 4.78 is 26.6. The van der Waals surface area contributed by atoms with E-state index in [0.29, 0.717) is 17.9 Å². The molecule has 2 rings (SSSR count). The maximum Gasteiger partial charge on any atom is 0.338 e. The monoisotopic (exact) mass is 277 g/mol. The van der Waals surface area contributed by atoms with E-state index in [1.165, 1.54) is 24.3 Å². The zero-order chi connectivity index (χ0) is 14.7. The minimum absolute atomic E-state index is 0.350. The van der Waals surface area contributed by atoms with E-state index in [1.54, 1.807) is 17.0 Å². The molecule has 0 spiro atoms. The fourth-order valence-corrected chi connectivity index (χ4v) is 1.98. The molecule has 0 unspecified atom stereocenters. The van der Waals surface area contributed by atoms with Crippen LogP contribution in [0.4, 0.5) is 20.2 Å². The molecule has 1 N–H and O–H groups in total. The summed E-state index contributed by atoms with van der Waals surface area (Å²) in [5.74, 6) is -2.45. The van der Waals surface area contributed by atoms with Crippen LogP contribution in [0.2, 0.25) is 0 Å². The highest BCUT2D eigenvalue weighted by molar-refractivity contribution is 5.88. The van der Waals surface area contributed by atoms with Crippen molar-refractivity contribution in [3.63, 3.8) is 0 Å². The predicted molar refractivity (Wildman–Crippen MR) is 72.4 cm³/mol. The van der Waals surface area contributed by atoms with Crippen molar-refractivity contribution in [3.8, 4) is 0 Å². The fraction of sp³-hybridized carbons (Fsp3) is 0.133. The van der Waals surface area contributed by atoms with Gasteiger partial charge in [0.15, 0.2) is 0 Å². The Labute approximate surface area is 115 Å². The van der Waals surface area contributed by atoms with Gasteiger partial charge < -0.3 is 10.0 Å². The summed E-state index contributed by atoms with van der Waals surface area (Å²) in [4.78, 5) is 12.5. The van der Waals surface area contributed by atoms with Crippen LogP contribution in [0.5, 0.6) is 0 Å². The summed E-state index contributed by atoms with van der Waals surface area (Å²) in [5, 5.41) is 8.80. The van der Waals surface area contributed by atoms with Gasteiger partial charge in [0.2, 0.25) is 0 Å². The maximum atomic E-state index is 13.7. The van der Waals surface area contributed by atoms with E-state index < -0.39 is 11.8 Å². The molecular weight excluding hydrogens is 264 g/mol. The molecular formula is C15H13F2NO2. The van der Waals surface area contributed by atoms with Gasteiger partial charge in [0.25, 0.3) is 0 Å². The summed E-state index contributed by atoms with van der Waals surface area (Å²) in [6.07, 6.45) is 0. The van der Waals surface area contributed by atoms with Crippen molar-refractivity contribution < 1.29 is 18.7 Å². The molecule has 0 aliphatic heterocycles. The molecule has 2 aromatic rings. The average molecular weight is 277 g/mol. The van der Waals surface area contributed by atoms with Gasteiger partial charge in [0.05, 0.1) is 5.56 Å². The molecule has 2 aromatic carbocycles. The molecule has 0 saturated heterocycles. The molecule has 0 heterocycles. The number of benzene rings is 2. The first-order chi connectivity index (χ1) is 9.52. The molecule has 0 atom stereocenters. The minimum atomic E-state index is -1.31. The van der Waals surface area contributed by atoms with Gasteiger partial charge in [-0.2, -0.15) is 0 Å². The number of carbonyl (C=O) groups is 1. The molecule has 0 aliphatic rings. The Morgan fingerprint density at radius 1 is 1.10 bits per heavy atom. The smallest absolute Gasteiger partial charge is 0.338 e. The Kier molecular flexibility index (Phi) is 3.98. The molecule has 0 aromatic heterocycles. The van der Waals surface area contributed by atoms with Crippen LogP contribution in [-0.4, -0.2) is 17.6 Å². The van der Waals surface area contributed by atoms with Gasteiger partial charge in [-0.25, -0.2) is 13.6 Å². The highest BCUT2D eigenvalue weighted by atomic mass is 19.1. The number of halogens is 2. The van der Waals surface area contributed by atoms with Gasteiger partial charge >= 0.3 is 5.97 Å². The van der Waals surface area contributed by atoms with Crippen LogP contribution in [-0.2, 0) is 0 Å². The lowest BCUT2D eigenvalue weighted by Crippen LogP contribution is -2.16. The second kappa shape index (κ2) is 5.69. The SMILES string of the molecule is CCN(c1ccc(F)cc1)c1ccc(C(=O)O)c(F)c1. The van der Waals surface area contributed by atoms with Gasteiger partial charge in [0, 0.05) is 17.9 Å². The molecule has 20 heavy (non-hydrogen) atoms. The highest BCUT2D eigenvalue weighted by Gasteiger charge is 2.14. The Morgan fingerprint density at radius 3 is 2.20 bits per heavy atom. The van der Waals surface area contributed by atoms with Crippen molar-refractivity contribution in [2.75, 3.05) is 11.4 Å². The largest absolute Gasteiger partial charge is 0.478 e. The fourth-order valence-electron chi connectivity index (χ4n) is 1.98. The normalized spacial score (nSPS) is 10.3. The van der Waals surface area contributed by atoms with Gasteiger partial charge in [-0.05, 0) is 49.4 Å².